The fraction of sp³-hybridized carbons (Fsp3) is 0.533. The van der Waals surface area contributed by atoms with Crippen LogP contribution in [-0.4, -0.2) is 19.4 Å². The molecule has 1 unspecified atom stereocenters. The van der Waals surface area contributed by atoms with Gasteiger partial charge in [0.1, 0.15) is 5.78 Å². The van der Waals surface area contributed by atoms with Gasteiger partial charge >= 0.3 is 0 Å². The van der Waals surface area contributed by atoms with Gasteiger partial charge < -0.3 is 4.90 Å². The Kier molecular flexibility index (Phi) is 3.82. The van der Waals surface area contributed by atoms with E-state index >= 15 is 0 Å². The molecule has 2 rings (SSSR count). The fourth-order valence-electron chi connectivity index (χ4n) is 2.54. The first kappa shape index (κ1) is 12.2. The minimum Gasteiger partial charge on any atom is -0.375 e. The maximum Gasteiger partial charge on any atom is 0.136 e. The van der Waals surface area contributed by atoms with Gasteiger partial charge in [0, 0.05) is 31.6 Å². The van der Waals surface area contributed by atoms with E-state index in [1.807, 2.05) is 0 Å². The first-order valence-corrected chi connectivity index (χ1v) is 6.47. The van der Waals surface area contributed by atoms with Crippen molar-refractivity contribution < 1.29 is 4.79 Å². The molecule has 1 atom stereocenters. The van der Waals surface area contributed by atoms with Crippen molar-refractivity contribution in [1.29, 1.82) is 0 Å². The lowest BCUT2D eigenvalue weighted by Gasteiger charge is -2.21. The van der Waals surface area contributed by atoms with Crippen molar-refractivity contribution >= 4 is 11.5 Å². The molecule has 92 valence electrons. The molecule has 2 heteroatoms. The van der Waals surface area contributed by atoms with Crippen molar-refractivity contribution in [2.45, 2.75) is 32.6 Å². The van der Waals surface area contributed by atoms with Gasteiger partial charge in [-0.2, -0.15) is 0 Å². The highest BCUT2D eigenvalue weighted by molar-refractivity contribution is 5.82. The number of benzene rings is 1. The number of Topliss-reactive ketones (excluding diaryl/α,β-unsaturated/α-hetero) is 1. The summed E-state index contributed by atoms with van der Waals surface area (Å²) in [5, 5.41) is 0. The first-order chi connectivity index (χ1) is 8.16. The van der Waals surface area contributed by atoms with E-state index in [0.717, 1.165) is 32.2 Å². The molecule has 1 aromatic rings. The standard InChI is InChI=1S/C15H21NO/c1-12-5-3-7-14(11-12)16(2)10-9-13-6-4-8-15(13)17/h3,5,7,11,13H,4,6,8-10H2,1-2H3. The van der Waals surface area contributed by atoms with Crippen LogP contribution in [0.5, 0.6) is 0 Å². The van der Waals surface area contributed by atoms with Gasteiger partial charge in [0.05, 0.1) is 0 Å². The maximum atomic E-state index is 11.6. The Morgan fingerprint density at radius 2 is 2.24 bits per heavy atom. The highest BCUT2D eigenvalue weighted by Crippen LogP contribution is 2.25. The van der Waals surface area contributed by atoms with E-state index in [2.05, 4.69) is 43.1 Å². The maximum absolute atomic E-state index is 11.6. The van der Waals surface area contributed by atoms with Crippen LogP contribution in [-0.2, 0) is 4.79 Å². The average Bonchev–Trinajstić information content (AvgIpc) is 2.72. The Labute approximate surface area is 104 Å². The fourth-order valence-corrected chi connectivity index (χ4v) is 2.54. The molecule has 0 aromatic heterocycles. The Morgan fingerprint density at radius 3 is 2.88 bits per heavy atom. The molecule has 0 saturated heterocycles. The molecular formula is C15H21NO. The summed E-state index contributed by atoms with van der Waals surface area (Å²) in [6.45, 7) is 3.08. The van der Waals surface area contributed by atoms with Gasteiger partial charge in [-0.05, 0) is 43.9 Å². The molecule has 1 aromatic carbocycles. The molecule has 0 amide bonds. The highest BCUT2D eigenvalue weighted by atomic mass is 16.1. The molecule has 17 heavy (non-hydrogen) atoms. The Balaban J connectivity index is 1.88. The van der Waals surface area contributed by atoms with Gasteiger partial charge in [0.2, 0.25) is 0 Å². The van der Waals surface area contributed by atoms with Crippen LogP contribution in [0.2, 0.25) is 0 Å². The Bertz CT molecular complexity index is 400. The number of anilines is 1. The third-order valence-electron chi connectivity index (χ3n) is 3.69. The zero-order valence-electron chi connectivity index (χ0n) is 10.8. The summed E-state index contributed by atoms with van der Waals surface area (Å²) < 4.78 is 0. The summed E-state index contributed by atoms with van der Waals surface area (Å²) in [5.41, 5.74) is 2.53. The lowest BCUT2D eigenvalue weighted by Crippen LogP contribution is -2.22. The second-order valence-corrected chi connectivity index (χ2v) is 5.10. The quantitative estimate of drug-likeness (QED) is 0.793. The number of rotatable bonds is 4. The number of hydrogen-bond donors (Lipinski definition) is 0. The number of aryl methyl sites for hydroxylation is 1. The first-order valence-electron chi connectivity index (χ1n) is 6.47. The van der Waals surface area contributed by atoms with Crippen molar-refractivity contribution in [2.24, 2.45) is 5.92 Å². The molecule has 1 saturated carbocycles. The molecule has 2 nitrogen and oxygen atoms in total. The van der Waals surface area contributed by atoms with Crippen molar-refractivity contribution in [3.05, 3.63) is 29.8 Å². The van der Waals surface area contributed by atoms with Gasteiger partial charge in [-0.15, -0.1) is 0 Å². The van der Waals surface area contributed by atoms with Gasteiger partial charge in [0.25, 0.3) is 0 Å². The van der Waals surface area contributed by atoms with Gasteiger partial charge in [-0.3, -0.25) is 4.79 Å². The van der Waals surface area contributed by atoms with Crippen LogP contribution in [0, 0.1) is 12.8 Å². The third kappa shape index (κ3) is 3.09. The van der Waals surface area contributed by atoms with E-state index < -0.39 is 0 Å². The minimum atomic E-state index is 0.322. The van der Waals surface area contributed by atoms with Crippen molar-refractivity contribution in [3.63, 3.8) is 0 Å². The van der Waals surface area contributed by atoms with Crippen molar-refractivity contribution in [2.75, 3.05) is 18.5 Å². The topological polar surface area (TPSA) is 20.3 Å². The molecule has 0 N–H and O–H groups in total. The Morgan fingerprint density at radius 1 is 1.41 bits per heavy atom. The summed E-state index contributed by atoms with van der Waals surface area (Å²) in [7, 11) is 2.11. The van der Waals surface area contributed by atoms with E-state index in [-0.39, 0.29) is 0 Å². The SMILES string of the molecule is Cc1cccc(N(C)CCC2CCCC2=O)c1. The summed E-state index contributed by atoms with van der Waals surface area (Å²) >= 11 is 0. The highest BCUT2D eigenvalue weighted by Gasteiger charge is 2.24. The van der Waals surface area contributed by atoms with E-state index in [1.165, 1.54) is 11.3 Å². The molecule has 0 heterocycles. The van der Waals surface area contributed by atoms with Gasteiger partial charge in [0.15, 0.2) is 0 Å². The largest absolute Gasteiger partial charge is 0.375 e. The molecule has 0 radical (unpaired) electrons. The number of ketones is 1. The average molecular weight is 231 g/mol. The number of hydrogen-bond acceptors (Lipinski definition) is 2. The summed E-state index contributed by atoms with van der Waals surface area (Å²) in [4.78, 5) is 13.8. The van der Waals surface area contributed by atoms with Gasteiger partial charge in [-0.25, -0.2) is 0 Å². The lowest BCUT2D eigenvalue weighted by molar-refractivity contribution is -0.120. The van der Waals surface area contributed by atoms with Crippen molar-refractivity contribution in [1.82, 2.24) is 0 Å². The van der Waals surface area contributed by atoms with E-state index in [0.29, 0.717) is 11.7 Å². The van der Waals surface area contributed by atoms with Crippen LogP contribution in [0.1, 0.15) is 31.2 Å². The third-order valence-corrected chi connectivity index (χ3v) is 3.69. The smallest absolute Gasteiger partial charge is 0.136 e. The zero-order chi connectivity index (χ0) is 12.3. The summed E-state index contributed by atoms with van der Waals surface area (Å²) in [6.07, 6.45) is 4.00. The normalized spacial score (nSPS) is 19.6. The number of carbonyl (C=O) groups is 1. The second-order valence-electron chi connectivity index (χ2n) is 5.10. The van der Waals surface area contributed by atoms with Crippen molar-refractivity contribution in [3.8, 4) is 0 Å². The van der Waals surface area contributed by atoms with Crippen LogP contribution in [0.25, 0.3) is 0 Å². The molecule has 1 fully saturated rings. The number of carbonyl (C=O) groups excluding carboxylic acids is 1. The predicted molar refractivity (Wildman–Crippen MR) is 71.4 cm³/mol. The molecule has 0 aliphatic heterocycles. The van der Waals surface area contributed by atoms with E-state index in [9.17, 15) is 4.79 Å². The lowest BCUT2D eigenvalue weighted by atomic mass is 10.0. The molecular weight excluding hydrogens is 210 g/mol. The van der Waals surface area contributed by atoms with Crippen LogP contribution in [0.15, 0.2) is 24.3 Å². The van der Waals surface area contributed by atoms with Crippen LogP contribution in [0.3, 0.4) is 0 Å². The van der Waals surface area contributed by atoms with Crippen LogP contribution < -0.4 is 4.90 Å². The van der Waals surface area contributed by atoms with Gasteiger partial charge in [-0.1, -0.05) is 12.1 Å². The van der Waals surface area contributed by atoms with E-state index in [4.69, 9.17) is 0 Å². The Hall–Kier alpha value is -1.31. The second kappa shape index (κ2) is 5.35. The van der Waals surface area contributed by atoms with Crippen LogP contribution in [0.4, 0.5) is 5.69 Å². The van der Waals surface area contributed by atoms with Crippen LogP contribution >= 0.6 is 0 Å². The molecule has 0 bridgehead atoms. The minimum absolute atomic E-state index is 0.322. The molecule has 0 spiro atoms. The molecule has 1 aliphatic rings. The predicted octanol–water partition coefficient (Wildman–Crippen LogP) is 3.19. The molecule has 1 aliphatic carbocycles. The zero-order valence-corrected chi connectivity index (χ0v) is 10.8. The monoisotopic (exact) mass is 231 g/mol. The summed E-state index contributed by atoms with van der Waals surface area (Å²) in [5.74, 6) is 0.796. The number of nitrogens with zero attached hydrogens (tertiary/aromatic N) is 1. The van der Waals surface area contributed by atoms with E-state index in [1.54, 1.807) is 0 Å². The summed E-state index contributed by atoms with van der Waals surface area (Å²) in [6, 6.07) is 8.51.